The van der Waals surface area contributed by atoms with Crippen molar-refractivity contribution in [3.8, 4) is 17.1 Å². The van der Waals surface area contributed by atoms with Crippen molar-refractivity contribution >= 4 is 11.9 Å². The Hall–Kier alpha value is -3.45. The number of hydrogen-bond acceptors (Lipinski definition) is 6. The Balaban J connectivity index is 1.29. The zero-order chi connectivity index (χ0) is 22.8. The van der Waals surface area contributed by atoms with Crippen molar-refractivity contribution in [3.05, 3.63) is 71.4 Å². The van der Waals surface area contributed by atoms with Crippen LogP contribution in [0.2, 0.25) is 0 Å². The Morgan fingerprint density at radius 2 is 2.03 bits per heavy atom. The van der Waals surface area contributed by atoms with Gasteiger partial charge in [0.05, 0.1) is 24.6 Å². The van der Waals surface area contributed by atoms with Crippen LogP contribution in [0.1, 0.15) is 40.7 Å². The molecule has 0 saturated carbocycles. The molecule has 0 aliphatic carbocycles. The Morgan fingerprint density at radius 3 is 2.82 bits per heavy atom. The summed E-state index contributed by atoms with van der Waals surface area (Å²) in [6.45, 7) is 2.75. The SMILES string of the molecule is CN1CCC(Oc2cc(C(=O)CC3=Cc4cc(-c5cncn5C)ccc4CN3)ccn2)CC1. The standard InChI is InChI=1S/C26H29N5O2/c1-30-9-6-23(7-10-30)33-26-13-19(5-8-28-26)25(32)14-22-12-21-11-18(3-4-20(21)15-29-22)24-16-27-17-31(24)2/h3-5,8,11-13,16-17,23,29H,6-7,9-10,14-15H2,1-2H3. The summed E-state index contributed by atoms with van der Waals surface area (Å²) in [6, 6.07) is 9.96. The number of piperidine rings is 1. The van der Waals surface area contributed by atoms with Gasteiger partial charge in [-0.2, -0.15) is 0 Å². The minimum absolute atomic E-state index is 0.0515. The molecule has 2 aliphatic heterocycles. The van der Waals surface area contributed by atoms with Crippen molar-refractivity contribution in [1.29, 1.82) is 0 Å². The van der Waals surface area contributed by atoms with Crippen molar-refractivity contribution < 1.29 is 9.53 Å². The molecule has 3 aromatic rings. The first-order chi connectivity index (χ1) is 16.0. The Labute approximate surface area is 194 Å². The van der Waals surface area contributed by atoms with E-state index in [-0.39, 0.29) is 11.9 Å². The van der Waals surface area contributed by atoms with E-state index < -0.39 is 0 Å². The summed E-state index contributed by atoms with van der Waals surface area (Å²) in [4.78, 5) is 23.9. The van der Waals surface area contributed by atoms with Crippen LogP contribution in [0.4, 0.5) is 0 Å². The van der Waals surface area contributed by atoms with Gasteiger partial charge in [-0.1, -0.05) is 12.1 Å². The fourth-order valence-corrected chi connectivity index (χ4v) is 4.44. The van der Waals surface area contributed by atoms with Crippen LogP contribution in [-0.4, -0.2) is 51.5 Å². The molecule has 170 valence electrons. The summed E-state index contributed by atoms with van der Waals surface area (Å²) < 4.78 is 8.07. The average molecular weight is 444 g/mol. The number of rotatable bonds is 6. The van der Waals surface area contributed by atoms with Crippen LogP contribution < -0.4 is 10.1 Å². The number of benzene rings is 1. The van der Waals surface area contributed by atoms with E-state index in [2.05, 4.69) is 51.5 Å². The van der Waals surface area contributed by atoms with Crippen LogP contribution in [-0.2, 0) is 13.6 Å². The summed E-state index contributed by atoms with van der Waals surface area (Å²) in [5, 5.41) is 3.40. The quantitative estimate of drug-likeness (QED) is 0.586. The van der Waals surface area contributed by atoms with Gasteiger partial charge in [-0.05, 0) is 49.2 Å². The van der Waals surface area contributed by atoms with E-state index in [1.807, 2.05) is 17.8 Å². The summed E-state index contributed by atoms with van der Waals surface area (Å²) >= 11 is 0. The third kappa shape index (κ3) is 4.83. The fourth-order valence-electron chi connectivity index (χ4n) is 4.44. The molecule has 0 radical (unpaired) electrons. The van der Waals surface area contributed by atoms with Crippen LogP contribution in [0.5, 0.6) is 5.88 Å². The molecule has 0 bridgehead atoms. The number of nitrogens with one attached hydrogen (secondary N) is 1. The first kappa shape index (κ1) is 21.4. The van der Waals surface area contributed by atoms with E-state index in [0.717, 1.165) is 48.4 Å². The minimum atomic E-state index is 0.0515. The Kier molecular flexibility index (Phi) is 5.96. The first-order valence-corrected chi connectivity index (χ1v) is 11.4. The number of carbonyl (C=O) groups is 1. The van der Waals surface area contributed by atoms with Crippen LogP contribution in [0, 0.1) is 0 Å². The molecule has 2 aliphatic rings. The Morgan fingerprint density at radius 1 is 1.18 bits per heavy atom. The highest BCUT2D eigenvalue weighted by atomic mass is 16.5. The summed E-state index contributed by atoms with van der Waals surface area (Å²) in [7, 11) is 4.11. The van der Waals surface area contributed by atoms with Gasteiger partial charge >= 0.3 is 0 Å². The number of hydrogen-bond donors (Lipinski definition) is 1. The van der Waals surface area contributed by atoms with Crippen LogP contribution in [0.25, 0.3) is 17.3 Å². The molecule has 7 heteroatoms. The smallest absolute Gasteiger partial charge is 0.214 e. The molecule has 0 spiro atoms. The van der Waals surface area contributed by atoms with Gasteiger partial charge in [-0.15, -0.1) is 0 Å². The number of pyridine rings is 1. The summed E-state index contributed by atoms with van der Waals surface area (Å²) in [5.41, 5.74) is 6.08. The number of nitrogens with zero attached hydrogens (tertiary/aromatic N) is 4. The maximum atomic E-state index is 13.0. The molecule has 0 atom stereocenters. The van der Waals surface area contributed by atoms with Gasteiger partial charge < -0.3 is 19.5 Å². The van der Waals surface area contributed by atoms with E-state index in [1.54, 1.807) is 24.7 Å². The lowest BCUT2D eigenvalue weighted by Gasteiger charge is -2.28. The van der Waals surface area contributed by atoms with Crippen molar-refractivity contribution in [3.63, 3.8) is 0 Å². The lowest BCUT2D eigenvalue weighted by Crippen LogP contribution is -2.35. The molecule has 33 heavy (non-hydrogen) atoms. The second kappa shape index (κ2) is 9.19. The molecule has 1 aromatic carbocycles. The number of allylic oxidation sites excluding steroid dienone is 1. The molecule has 2 aromatic heterocycles. The van der Waals surface area contributed by atoms with E-state index in [1.165, 1.54) is 5.56 Å². The van der Waals surface area contributed by atoms with Crippen LogP contribution >= 0.6 is 0 Å². The molecule has 0 amide bonds. The second-order valence-corrected chi connectivity index (χ2v) is 8.93. The molecular formula is C26H29N5O2. The van der Waals surface area contributed by atoms with Gasteiger partial charge in [0.2, 0.25) is 5.88 Å². The first-order valence-electron chi connectivity index (χ1n) is 11.4. The maximum absolute atomic E-state index is 13.0. The minimum Gasteiger partial charge on any atom is -0.474 e. The number of ketones is 1. The van der Waals surface area contributed by atoms with E-state index in [4.69, 9.17) is 4.74 Å². The number of aryl methyl sites for hydroxylation is 1. The highest BCUT2D eigenvalue weighted by molar-refractivity contribution is 5.98. The molecule has 1 saturated heterocycles. The number of imidazole rings is 1. The van der Waals surface area contributed by atoms with E-state index >= 15 is 0 Å². The lowest BCUT2D eigenvalue weighted by atomic mass is 9.97. The molecule has 5 rings (SSSR count). The van der Waals surface area contributed by atoms with E-state index in [9.17, 15) is 4.79 Å². The molecule has 1 N–H and O–H groups in total. The van der Waals surface area contributed by atoms with Gasteiger partial charge in [0.15, 0.2) is 5.78 Å². The topological polar surface area (TPSA) is 72.3 Å². The predicted octanol–water partition coefficient (Wildman–Crippen LogP) is 3.67. The van der Waals surface area contributed by atoms with Crippen molar-refractivity contribution in [1.82, 2.24) is 24.8 Å². The van der Waals surface area contributed by atoms with Gasteiger partial charge in [-0.25, -0.2) is 9.97 Å². The third-order valence-electron chi connectivity index (χ3n) is 6.45. The molecule has 1 fully saturated rings. The van der Waals surface area contributed by atoms with Crippen molar-refractivity contribution in [2.45, 2.75) is 31.9 Å². The number of fused-ring (bicyclic) bond motifs is 1. The number of carbonyl (C=O) groups excluding carboxylic acids is 1. The number of ether oxygens (including phenoxy) is 1. The maximum Gasteiger partial charge on any atom is 0.214 e. The summed E-state index contributed by atoms with van der Waals surface area (Å²) in [6.07, 6.45) is 9.84. The van der Waals surface area contributed by atoms with Crippen LogP contribution in [0.15, 0.2) is 54.7 Å². The zero-order valence-electron chi connectivity index (χ0n) is 19.1. The molecule has 0 unspecified atom stereocenters. The number of aromatic nitrogens is 3. The number of Topliss-reactive ketones (excluding diaryl/α,β-unsaturated/α-hetero) is 1. The number of likely N-dealkylation sites (tertiary alicyclic amines) is 1. The highest BCUT2D eigenvalue weighted by Gasteiger charge is 2.20. The predicted molar refractivity (Wildman–Crippen MR) is 128 cm³/mol. The largest absolute Gasteiger partial charge is 0.474 e. The lowest BCUT2D eigenvalue weighted by molar-refractivity contribution is 0.0984. The summed E-state index contributed by atoms with van der Waals surface area (Å²) in [5.74, 6) is 0.586. The zero-order valence-corrected chi connectivity index (χ0v) is 19.1. The van der Waals surface area contributed by atoms with Crippen molar-refractivity contribution in [2.75, 3.05) is 20.1 Å². The fraction of sp³-hybridized carbons (Fsp3) is 0.346. The van der Waals surface area contributed by atoms with E-state index in [0.29, 0.717) is 24.4 Å². The van der Waals surface area contributed by atoms with Gasteiger partial charge in [-0.3, -0.25) is 4.79 Å². The van der Waals surface area contributed by atoms with Gasteiger partial charge in [0.25, 0.3) is 0 Å². The molecule has 4 heterocycles. The van der Waals surface area contributed by atoms with Gasteiger partial charge in [0.1, 0.15) is 6.10 Å². The normalized spacial score (nSPS) is 16.6. The Bertz CT molecular complexity index is 1190. The van der Waals surface area contributed by atoms with Crippen molar-refractivity contribution in [2.24, 2.45) is 7.05 Å². The average Bonchev–Trinajstić information content (AvgIpc) is 3.26. The van der Waals surface area contributed by atoms with Crippen LogP contribution in [0.3, 0.4) is 0 Å². The highest BCUT2D eigenvalue weighted by Crippen LogP contribution is 2.27. The van der Waals surface area contributed by atoms with Gasteiger partial charge in [0, 0.05) is 55.8 Å². The third-order valence-corrected chi connectivity index (χ3v) is 6.45. The second-order valence-electron chi connectivity index (χ2n) is 8.93. The molecular weight excluding hydrogens is 414 g/mol. The monoisotopic (exact) mass is 443 g/mol. The molecule has 7 nitrogen and oxygen atoms in total.